The maximum Gasteiger partial charge on any atom is 3.00 e. The van der Waals surface area contributed by atoms with E-state index in [-0.39, 0.29) is 22.9 Å². The van der Waals surface area contributed by atoms with Crippen LogP contribution in [0.15, 0.2) is 0 Å². The van der Waals surface area contributed by atoms with Crippen LogP contribution in [0.4, 0.5) is 0 Å². The van der Waals surface area contributed by atoms with Crippen molar-refractivity contribution in [1.82, 2.24) is 0 Å². The van der Waals surface area contributed by atoms with Gasteiger partial charge in [-0.25, -0.2) is 0 Å². The summed E-state index contributed by atoms with van der Waals surface area (Å²) in [5.74, 6) is 0.167. The van der Waals surface area contributed by atoms with E-state index >= 15 is 0 Å². The van der Waals surface area contributed by atoms with Crippen LogP contribution in [0, 0.1) is 0 Å². The van der Waals surface area contributed by atoms with Crippen molar-refractivity contribution in [2.24, 2.45) is 0 Å². The molecule has 0 fully saturated rings. The molecular formula is C3H6FeO+3. The number of carbonyl (C=O) groups excluding carboxylic acids is 1. The van der Waals surface area contributed by atoms with Gasteiger partial charge in [-0.05, 0) is 13.8 Å². The molecule has 0 aromatic carbocycles. The van der Waals surface area contributed by atoms with Gasteiger partial charge in [0, 0.05) is 0 Å². The van der Waals surface area contributed by atoms with Gasteiger partial charge in [0.25, 0.3) is 0 Å². The van der Waals surface area contributed by atoms with E-state index in [1.54, 1.807) is 0 Å². The van der Waals surface area contributed by atoms with Crippen LogP contribution in [0.1, 0.15) is 13.8 Å². The number of ketones is 1. The normalized spacial score (nSPS) is 5.20. The minimum atomic E-state index is 0. The minimum absolute atomic E-state index is 0. The fraction of sp³-hybridized carbons (Fsp3) is 0.667. The van der Waals surface area contributed by atoms with E-state index < -0.39 is 0 Å². The zero-order valence-corrected chi connectivity index (χ0v) is 4.37. The van der Waals surface area contributed by atoms with Gasteiger partial charge in [-0.1, -0.05) is 0 Å². The molecule has 29 valence electrons. The van der Waals surface area contributed by atoms with Crippen molar-refractivity contribution >= 4 is 5.78 Å². The first-order chi connectivity index (χ1) is 1.73. The molecule has 0 N–H and O–H groups in total. The van der Waals surface area contributed by atoms with Crippen molar-refractivity contribution in [3.63, 3.8) is 0 Å². The molecule has 0 atom stereocenters. The molecule has 2 heteroatoms. The maximum absolute atomic E-state index is 9.44. The molecule has 0 aromatic heterocycles. The SMILES string of the molecule is CC(C)=O.[Fe+3]. The quantitative estimate of drug-likeness (QED) is 0.421. The Bertz CT molecular complexity index is 29.9. The van der Waals surface area contributed by atoms with E-state index in [9.17, 15) is 4.79 Å². The van der Waals surface area contributed by atoms with Crippen molar-refractivity contribution in [2.75, 3.05) is 0 Å². The topological polar surface area (TPSA) is 17.1 Å². The third-order valence-corrected chi connectivity index (χ3v) is 0. The second-order valence-electron chi connectivity index (χ2n) is 0.908. The molecule has 0 bridgehead atoms. The van der Waals surface area contributed by atoms with E-state index in [0.29, 0.717) is 0 Å². The van der Waals surface area contributed by atoms with Crippen LogP contribution < -0.4 is 0 Å². The molecule has 0 rings (SSSR count). The molecule has 0 saturated heterocycles. The molecule has 0 unspecified atom stereocenters. The van der Waals surface area contributed by atoms with E-state index in [0.717, 1.165) is 0 Å². The van der Waals surface area contributed by atoms with Crippen LogP contribution in [0.2, 0.25) is 0 Å². The predicted octanol–water partition coefficient (Wildman–Crippen LogP) is 0.593. The Labute approximate surface area is 42.2 Å². The molecule has 5 heavy (non-hydrogen) atoms. The van der Waals surface area contributed by atoms with Crippen LogP contribution in [-0.4, -0.2) is 5.78 Å². The van der Waals surface area contributed by atoms with Crippen molar-refractivity contribution in [2.45, 2.75) is 13.8 Å². The molecule has 1 radical (unpaired) electrons. The Kier molecular flexibility index (Phi) is 7.50. The number of hydrogen-bond donors (Lipinski definition) is 0. The Balaban J connectivity index is 0. The second kappa shape index (κ2) is 4.19. The predicted molar refractivity (Wildman–Crippen MR) is 16.4 cm³/mol. The summed E-state index contributed by atoms with van der Waals surface area (Å²) >= 11 is 0. The molecule has 0 saturated carbocycles. The third-order valence-electron chi connectivity index (χ3n) is 0. The average Bonchev–Trinajstić information content (AvgIpc) is 0.811. The molecule has 0 spiro atoms. The van der Waals surface area contributed by atoms with Crippen LogP contribution >= 0.6 is 0 Å². The first-order valence-electron chi connectivity index (χ1n) is 1.20. The van der Waals surface area contributed by atoms with Gasteiger partial charge in [-0.3, -0.25) is 0 Å². The molecule has 0 aliphatic carbocycles. The summed E-state index contributed by atoms with van der Waals surface area (Å²) in [7, 11) is 0. The first-order valence-corrected chi connectivity index (χ1v) is 1.20. The van der Waals surface area contributed by atoms with Crippen molar-refractivity contribution in [3.05, 3.63) is 0 Å². The van der Waals surface area contributed by atoms with E-state index in [1.807, 2.05) is 0 Å². The van der Waals surface area contributed by atoms with Crippen molar-refractivity contribution < 1.29 is 21.9 Å². The maximum atomic E-state index is 9.44. The van der Waals surface area contributed by atoms with Gasteiger partial charge in [-0.15, -0.1) is 0 Å². The smallest absolute Gasteiger partial charge is 0.300 e. The molecule has 0 amide bonds. The fourth-order valence-electron chi connectivity index (χ4n) is 0. The molecule has 0 aliphatic heterocycles. The number of carbonyl (C=O) groups is 1. The van der Waals surface area contributed by atoms with Crippen molar-refractivity contribution in [3.8, 4) is 0 Å². The van der Waals surface area contributed by atoms with Crippen LogP contribution in [0.3, 0.4) is 0 Å². The molecule has 0 heterocycles. The van der Waals surface area contributed by atoms with Gasteiger partial charge in [0.2, 0.25) is 0 Å². The van der Waals surface area contributed by atoms with Gasteiger partial charge >= 0.3 is 17.1 Å². The second-order valence-corrected chi connectivity index (χ2v) is 0.908. The van der Waals surface area contributed by atoms with Gasteiger partial charge in [-0.2, -0.15) is 0 Å². The average molecular weight is 114 g/mol. The van der Waals surface area contributed by atoms with E-state index in [2.05, 4.69) is 0 Å². The Morgan fingerprint density at radius 1 is 1.40 bits per heavy atom. The van der Waals surface area contributed by atoms with Gasteiger partial charge in [0.1, 0.15) is 5.78 Å². The minimum Gasteiger partial charge on any atom is -0.300 e. The summed E-state index contributed by atoms with van der Waals surface area (Å²) < 4.78 is 0. The van der Waals surface area contributed by atoms with E-state index in [1.165, 1.54) is 13.8 Å². The summed E-state index contributed by atoms with van der Waals surface area (Å²) in [6.07, 6.45) is 0. The number of rotatable bonds is 0. The van der Waals surface area contributed by atoms with Gasteiger partial charge in [0.05, 0.1) is 0 Å². The third kappa shape index (κ3) is 559. The van der Waals surface area contributed by atoms with E-state index in [4.69, 9.17) is 0 Å². The molecule has 0 aromatic rings. The summed E-state index contributed by atoms with van der Waals surface area (Å²) in [5, 5.41) is 0. The van der Waals surface area contributed by atoms with Crippen LogP contribution in [-0.2, 0) is 21.9 Å². The summed E-state index contributed by atoms with van der Waals surface area (Å²) in [5.41, 5.74) is 0. The van der Waals surface area contributed by atoms with Gasteiger partial charge in [0.15, 0.2) is 0 Å². The number of hydrogen-bond acceptors (Lipinski definition) is 1. The van der Waals surface area contributed by atoms with Gasteiger partial charge < -0.3 is 4.79 Å². The fourth-order valence-corrected chi connectivity index (χ4v) is 0. The molecular weight excluding hydrogens is 108 g/mol. The van der Waals surface area contributed by atoms with Crippen LogP contribution in [0.5, 0.6) is 0 Å². The zero-order chi connectivity index (χ0) is 3.58. The first kappa shape index (κ1) is 8.95. The molecule has 0 aliphatic rings. The van der Waals surface area contributed by atoms with Crippen molar-refractivity contribution in [1.29, 1.82) is 0 Å². The zero-order valence-electron chi connectivity index (χ0n) is 3.26. The summed E-state index contributed by atoms with van der Waals surface area (Å²) in [6, 6.07) is 0. The summed E-state index contributed by atoms with van der Waals surface area (Å²) in [4.78, 5) is 9.44. The number of Topliss-reactive ketones (excluding diaryl/α,β-unsaturated/α-hetero) is 1. The monoisotopic (exact) mass is 114 g/mol. The Hall–Kier alpha value is 0.189. The summed E-state index contributed by atoms with van der Waals surface area (Å²) in [6.45, 7) is 3.06. The largest absolute Gasteiger partial charge is 3.00 e. The standard InChI is InChI=1S/C3H6O.Fe/c1-3(2)4;/h1-2H3;/q;+3. The Morgan fingerprint density at radius 2 is 1.40 bits per heavy atom. The Morgan fingerprint density at radius 3 is 1.40 bits per heavy atom. The molecule has 1 nitrogen and oxygen atoms in total. The van der Waals surface area contributed by atoms with Crippen LogP contribution in [0.25, 0.3) is 0 Å².